The molecule has 0 aliphatic carbocycles. The zero-order valence-corrected chi connectivity index (χ0v) is 15.0. The standard InChI is InChI=1S/C21H28N2O2/c1-2-3-4-11-16-23(17-18-25-20-14-9-6-10-15-20)21(24)22-19-12-7-5-8-13-19/h5-10,12-15H,2-4,11,16-18H2,1H3,(H,22,24). The molecule has 0 aliphatic heterocycles. The highest BCUT2D eigenvalue weighted by Crippen LogP contribution is 2.10. The summed E-state index contributed by atoms with van der Waals surface area (Å²) in [6.45, 7) is 3.99. The van der Waals surface area contributed by atoms with Crippen molar-refractivity contribution in [3.63, 3.8) is 0 Å². The van der Waals surface area contributed by atoms with Crippen LogP contribution in [0.3, 0.4) is 0 Å². The summed E-state index contributed by atoms with van der Waals surface area (Å²) in [5.41, 5.74) is 0.815. The number of nitrogens with zero attached hydrogens (tertiary/aromatic N) is 1. The highest BCUT2D eigenvalue weighted by Gasteiger charge is 2.13. The van der Waals surface area contributed by atoms with Crippen molar-refractivity contribution >= 4 is 11.7 Å². The molecule has 0 radical (unpaired) electrons. The molecule has 2 rings (SSSR count). The molecule has 2 aromatic carbocycles. The Labute approximate surface area is 150 Å². The van der Waals surface area contributed by atoms with Crippen molar-refractivity contribution in [2.24, 2.45) is 0 Å². The first-order chi connectivity index (χ1) is 12.3. The Balaban J connectivity index is 1.85. The molecule has 0 saturated carbocycles. The maximum Gasteiger partial charge on any atom is 0.321 e. The number of hydrogen-bond acceptors (Lipinski definition) is 2. The second-order valence-electron chi connectivity index (χ2n) is 6.01. The molecule has 4 nitrogen and oxygen atoms in total. The van der Waals surface area contributed by atoms with E-state index in [4.69, 9.17) is 4.74 Å². The second kappa shape index (κ2) is 11.1. The number of rotatable bonds is 10. The highest BCUT2D eigenvalue weighted by atomic mass is 16.5. The first-order valence-electron chi connectivity index (χ1n) is 9.08. The fraction of sp³-hybridized carbons (Fsp3) is 0.381. The molecule has 4 heteroatoms. The molecule has 0 unspecified atom stereocenters. The van der Waals surface area contributed by atoms with Crippen LogP contribution >= 0.6 is 0 Å². The third kappa shape index (κ3) is 7.29. The van der Waals surface area contributed by atoms with Crippen LogP contribution in [0.4, 0.5) is 10.5 Å². The van der Waals surface area contributed by atoms with E-state index < -0.39 is 0 Å². The summed E-state index contributed by atoms with van der Waals surface area (Å²) in [4.78, 5) is 14.4. The number of carbonyl (C=O) groups is 1. The quantitative estimate of drug-likeness (QED) is 0.606. The van der Waals surface area contributed by atoms with Crippen LogP contribution in [0.1, 0.15) is 32.6 Å². The minimum Gasteiger partial charge on any atom is -0.492 e. The van der Waals surface area contributed by atoms with E-state index in [9.17, 15) is 4.79 Å². The van der Waals surface area contributed by atoms with E-state index in [2.05, 4.69) is 12.2 Å². The number of anilines is 1. The number of para-hydroxylation sites is 2. The molecular weight excluding hydrogens is 312 g/mol. The van der Waals surface area contributed by atoms with Crippen molar-refractivity contribution in [3.8, 4) is 5.75 Å². The van der Waals surface area contributed by atoms with Crippen molar-refractivity contribution in [2.45, 2.75) is 32.6 Å². The van der Waals surface area contributed by atoms with Crippen LogP contribution in [0.2, 0.25) is 0 Å². The lowest BCUT2D eigenvalue weighted by Crippen LogP contribution is -2.38. The van der Waals surface area contributed by atoms with E-state index in [0.29, 0.717) is 13.2 Å². The van der Waals surface area contributed by atoms with Gasteiger partial charge in [-0.2, -0.15) is 0 Å². The molecule has 0 aromatic heterocycles. The summed E-state index contributed by atoms with van der Waals surface area (Å²) < 4.78 is 5.74. The molecular formula is C21H28N2O2. The van der Waals surface area contributed by atoms with Gasteiger partial charge in [-0.15, -0.1) is 0 Å². The first kappa shape index (κ1) is 18.8. The number of unbranched alkanes of at least 4 members (excludes halogenated alkanes) is 3. The molecule has 0 atom stereocenters. The van der Waals surface area contributed by atoms with Crippen LogP contribution in [0.25, 0.3) is 0 Å². The van der Waals surface area contributed by atoms with Crippen LogP contribution in [0.15, 0.2) is 60.7 Å². The van der Waals surface area contributed by atoms with Crippen molar-refractivity contribution < 1.29 is 9.53 Å². The van der Waals surface area contributed by atoms with Gasteiger partial charge in [0.1, 0.15) is 12.4 Å². The zero-order valence-electron chi connectivity index (χ0n) is 15.0. The molecule has 0 spiro atoms. The minimum absolute atomic E-state index is 0.0700. The summed E-state index contributed by atoms with van der Waals surface area (Å²) in [6, 6.07) is 19.2. The molecule has 0 saturated heterocycles. The Morgan fingerprint density at radius 1 is 0.920 bits per heavy atom. The van der Waals surface area contributed by atoms with Crippen LogP contribution in [-0.2, 0) is 0 Å². The Morgan fingerprint density at radius 2 is 1.60 bits per heavy atom. The molecule has 2 amide bonds. The van der Waals surface area contributed by atoms with Gasteiger partial charge in [0.05, 0.1) is 6.54 Å². The van der Waals surface area contributed by atoms with Gasteiger partial charge in [-0.3, -0.25) is 0 Å². The largest absolute Gasteiger partial charge is 0.492 e. The van der Waals surface area contributed by atoms with E-state index in [-0.39, 0.29) is 6.03 Å². The van der Waals surface area contributed by atoms with Crippen molar-refractivity contribution in [2.75, 3.05) is 25.0 Å². The molecule has 134 valence electrons. The van der Waals surface area contributed by atoms with Crippen LogP contribution in [-0.4, -0.2) is 30.6 Å². The van der Waals surface area contributed by atoms with E-state index in [1.165, 1.54) is 12.8 Å². The summed E-state index contributed by atoms with van der Waals surface area (Å²) in [6.07, 6.45) is 4.55. The topological polar surface area (TPSA) is 41.6 Å². The number of carbonyl (C=O) groups excluding carboxylic acids is 1. The molecule has 0 aliphatic rings. The number of benzene rings is 2. The molecule has 2 aromatic rings. The molecule has 0 heterocycles. The number of nitrogens with one attached hydrogen (secondary N) is 1. The summed E-state index contributed by atoms with van der Waals surface area (Å²) in [7, 11) is 0. The predicted octanol–water partition coefficient (Wildman–Crippen LogP) is 5.18. The van der Waals surface area contributed by atoms with Crippen molar-refractivity contribution in [1.29, 1.82) is 0 Å². The van der Waals surface area contributed by atoms with Gasteiger partial charge < -0.3 is 15.0 Å². The molecule has 25 heavy (non-hydrogen) atoms. The maximum absolute atomic E-state index is 12.6. The average molecular weight is 340 g/mol. The van der Waals surface area contributed by atoms with Gasteiger partial charge >= 0.3 is 6.03 Å². The Kier molecular flexibility index (Phi) is 8.39. The molecule has 1 N–H and O–H groups in total. The fourth-order valence-electron chi connectivity index (χ4n) is 2.56. The average Bonchev–Trinajstić information content (AvgIpc) is 2.65. The third-order valence-corrected chi connectivity index (χ3v) is 3.97. The van der Waals surface area contributed by atoms with Crippen LogP contribution < -0.4 is 10.1 Å². The SMILES string of the molecule is CCCCCCN(CCOc1ccccc1)C(=O)Nc1ccccc1. The Bertz CT molecular complexity index is 602. The summed E-state index contributed by atoms with van der Waals surface area (Å²) in [5, 5.41) is 2.96. The lowest BCUT2D eigenvalue weighted by atomic mass is 10.2. The van der Waals surface area contributed by atoms with E-state index >= 15 is 0 Å². The number of ether oxygens (including phenoxy) is 1. The van der Waals surface area contributed by atoms with Crippen LogP contribution in [0.5, 0.6) is 5.75 Å². The minimum atomic E-state index is -0.0700. The van der Waals surface area contributed by atoms with Crippen molar-refractivity contribution in [1.82, 2.24) is 4.90 Å². The summed E-state index contributed by atoms with van der Waals surface area (Å²) >= 11 is 0. The van der Waals surface area contributed by atoms with Gasteiger partial charge in [0.15, 0.2) is 0 Å². The van der Waals surface area contributed by atoms with E-state index in [1.54, 1.807) is 0 Å². The number of hydrogen-bond donors (Lipinski definition) is 1. The van der Waals surface area contributed by atoms with E-state index in [0.717, 1.165) is 30.8 Å². The fourth-order valence-corrected chi connectivity index (χ4v) is 2.56. The lowest BCUT2D eigenvalue weighted by Gasteiger charge is -2.23. The summed E-state index contributed by atoms with van der Waals surface area (Å²) in [5.74, 6) is 0.830. The Morgan fingerprint density at radius 3 is 2.28 bits per heavy atom. The normalized spacial score (nSPS) is 10.3. The monoisotopic (exact) mass is 340 g/mol. The molecule has 0 fully saturated rings. The van der Waals surface area contributed by atoms with Crippen LogP contribution in [0, 0.1) is 0 Å². The molecule has 0 bridgehead atoms. The van der Waals surface area contributed by atoms with Crippen molar-refractivity contribution in [3.05, 3.63) is 60.7 Å². The highest BCUT2D eigenvalue weighted by molar-refractivity contribution is 5.89. The van der Waals surface area contributed by atoms with Gasteiger partial charge in [-0.25, -0.2) is 4.79 Å². The van der Waals surface area contributed by atoms with Gasteiger partial charge in [0, 0.05) is 12.2 Å². The Hall–Kier alpha value is -2.49. The lowest BCUT2D eigenvalue weighted by molar-refractivity contribution is 0.193. The van der Waals surface area contributed by atoms with Gasteiger partial charge in [0.25, 0.3) is 0 Å². The second-order valence-corrected chi connectivity index (χ2v) is 6.01. The van der Waals surface area contributed by atoms with Gasteiger partial charge in [-0.1, -0.05) is 62.6 Å². The van der Waals surface area contributed by atoms with Gasteiger partial charge in [-0.05, 0) is 30.7 Å². The number of urea groups is 1. The van der Waals surface area contributed by atoms with E-state index in [1.807, 2.05) is 65.6 Å². The number of amides is 2. The van der Waals surface area contributed by atoms with Gasteiger partial charge in [0.2, 0.25) is 0 Å². The first-order valence-corrected chi connectivity index (χ1v) is 9.08. The maximum atomic E-state index is 12.6. The third-order valence-electron chi connectivity index (χ3n) is 3.97. The smallest absolute Gasteiger partial charge is 0.321 e. The zero-order chi connectivity index (χ0) is 17.7. The predicted molar refractivity (Wildman–Crippen MR) is 103 cm³/mol.